The standard InChI is InChI=1S/C19H27FN2O4S/c1-2-26-16-6-5-11-21(14-16)19(23)15-9-12-22(13-10-15)27(24,25)18-8-4-3-7-17(18)20/h3-4,7-8,15-16H,2,5-6,9-14H2,1H3. The summed E-state index contributed by atoms with van der Waals surface area (Å²) < 4.78 is 46.2. The molecule has 27 heavy (non-hydrogen) atoms. The summed E-state index contributed by atoms with van der Waals surface area (Å²) in [5, 5.41) is 0. The van der Waals surface area contributed by atoms with Crippen molar-refractivity contribution in [3.8, 4) is 0 Å². The molecule has 0 aliphatic carbocycles. The van der Waals surface area contributed by atoms with Gasteiger partial charge in [0.15, 0.2) is 0 Å². The van der Waals surface area contributed by atoms with Gasteiger partial charge in [-0.2, -0.15) is 4.31 Å². The monoisotopic (exact) mass is 398 g/mol. The normalized spacial score (nSPS) is 22.7. The van der Waals surface area contributed by atoms with Crippen LogP contribution in [0.5, 0.6) is 0 Å². The molecule has 1 atom stereocenters. The van der Waals surface area contributed by atoms with Crippen LogP contribution in [0.1, 0.15) is 32.6 Å². The minimum atomic E-state index is -3.87. The highest BCUT2D eigenvalue weighted by atomic mass is 32.2. The fourth-order valence-corrected chi connectivity index (χ4v) is 5.44. The van der Waals surface area contributed by atoms with Gasteiger partial charge < -0.3 is 9.64 Å². The molecule has 150 valence electrons. The van der Waals surface area contributed by atoms with Crippen LogP contribution >= 0.6 is 0 Å². The van der Waals surface area contributed by atoms with Gasteiger partial charge in [-0.15, -0.1) is 0 Å². The molecule has 1 amide bonds. The van der Waals surface area contributed by atoms with E-state index in [0.717, 1.165) is 25.5 Å². The first-order valence-corrected chi connectivity index (χ1v) is 11.0. The Morgan fingerprint density at radius 2 is 1.89 bits per heavy atom. The molecule has 1 aromatic rings. The summed E-state index contributed by atoms with van der Waals surface area (Å²) in [6.45, 7) is 4.40. The summed E-state index contributed by atoms with van der Waals surface area (Å²) in [7, 11) is -3.87. The SMILES string of the molecule is CCOC1CCCN(C(=O)C2CCN(S(=O)(=O)c3ccccc3F)CC2)C1. The van der Waals surface area contributed by atoms with Gasteiger partial charge in [0.1, 0.15) is 10.7 Å². The summed E-state index contributed by atoms with van der Waals surface area (Å²) in [4.78, 5) is 14.4. The molecule has 2 saturated heterocycles. The van der Waals surface area contributed by atoms with Gasteiger partial charge in [0.05, 0.1) is 6.10 Å². The second-order valence-corrected chi connectivity index (χ2v) is 9.02. The molecule has 0 spiro atoms. The quantitative estimate of drug-likeness (QED) is 0.763. The van der Waals surface area contributed by atoms with E-state index in [4.69, 9.17) is 4.74 Å². The van der Waals surface area contributed by atoms with E-state index < -0.39 is 15.8 Å². The average molecular weight is 399 g/mol. The maximum Gasteiger partial charge on any atom is 0.245 e. The van der Waals surface area contributed by atoms with Crippen molar-refractivity contribution < 1.29 is 22.3 Å². The molecule has 0 aromatic heterocycles. The van der Waals surface area contributed by atoms with Crippen LogP contribution in [0.2, 0.25) is 0 Å². The zero-order chi connectivity index (χ0) is 19.4. The molecular weight excluding hydrogens is 371 g/mol. The van der Waals surface area contributed by atoms with Crippen LogP contribution in [0, 0.1) is 11.7 Å². The van der Waals surface area contributed by atoms with Gasteiger partial charge in [-0.1, -0.05) is 12.1 Å². The summed E-state index contributed by atoms with van der Waals surface area (Å²) in [6.07, 6.45) is 2.91. The molecule has 0 saturated carbocycles. The van der Waals surface area contributed by atoms with Gasteiger partial charge in [0.25, 0.3) is 0 Å². The number of hydrogen-bond acceptors (Lipinski definition) is 4. The summed E-state index contributed by atoms with van der Waals surface area (Å²) in [6, 6.07) is 5.41. The highest BCUT2D eigenvalue weighted by molar-refractivity contribution is 7.89. The molecule has 6 nitrogen and oxygen atoms in total. The van der Waals surface area contributed by atoms with Crippen LogP contribution in [-0.4, -0.2) is 62.4 Å². The molecule has 3 rings (SSSR count). The van der Waals surface area contributed by atoms with E-state index in [1.165, 1.54) is 22.5 Å². The van der Waals surface area contributed by atoms with E-state index in [2.05, 4.69) is 0 Å². The number of amides is 1. The highest BCUT2D eigenvalue weighted by Crippen LogP contribution is 2.27. The Labute approximate surface area is 160 Å². The van der Waals surface area contributed by atoms with E-state index in [0.29, 0.717) is 26.0 Å². The molecule has 1 aromatic carbocycles. The Morgan fingerprint density at radius 1 is 1.19 bits per heavy atom. The average Bonchev–Trinajstić information content (AvgIpc) is 2.68. The Bertz CT molecular complexity index is 761. The zero-order valence-corrected chi connectivity index (χ0v) is 16.5. The molecule has 0 N–H and O–H groups in total. The smallest absolute Gasteiger partial charge is 0.245 e. The van der Waals surface area contributed by atoms with Crippen molar-refractivity contribution in [3.05, 3.63) is 30.1 Å². The first kappa shape index (κ1) is 20.2. The van der Waals surface area contributed by atoms with Crippen molar-refractivity contribution in [1.82, 2.24) is 9.21 Å². The van der Waals surface area contributed by atoms with Gasteiger partial charge in [0.2, 0.25) is 15.9 Å². The Balaban J connectivity index is 1.60. The number of ether oxygens (including phenoxy) is 1. The van der Waals surface area contributed by atoms with Gasteiger partial charge in [-0.25, -0.2) is 12.8 Å². The third-order valence-corrected chi connectivity index (χ3v) is 7.28. The highest BCUT2D eigenvalue weighted by Gasteiger charge is 2.36. The number of halogens is 1. The van der Waals surface area contributed by atoms with Crippen LogP contribution in [0.15, 0.2) is 29.2 Å². The lowest BCUT2D eigenvalue weighted by molar-refractivity contribution is -0.140. The first-order chi connectivity index (χ1) is 12.9. The third kappa shape index (κ3) is 4.50. The van der Waals surface area contributed by atoms with Crippen LogP contribution < -0.4 is 0 Å². The van der Waals surface area contributed by atoms with Crippen molar-refractivity contribution in [2.75, 3.05) is 32.8 Å². The van der Waals surface area contributed by atoms with Crippen LogP contribution in [0.25, 0.3) is 0 Å². The number of carbonyl (C=O) groups excluding carboxylic acids is 1. The molecule has 1 unspecified atom stereocenters. The Kier molecular flexibility index (Phi) is 6.49. The predicted octanol–water partition coefficient (Wildman–Crippen LogP) is 2.25. The van der Waals surface area contributed by atoms with Crippen molar-refractivity contribution >= 4 is 15.9 Å². The lowest BCUT2D eigenvalue weighted by Gasteiger charge is -2.37. The van der Waals surface area contributed by atoms with Crippen molar-refractivity contribution in [1.29, 1.82) is 0 Å². The number of sulfonamides is 1. The zero-order valence-electron chi connectivity index (χ0n) is 15.6. The van der Waals surface area contributed by atoms with Gasteiger partial charge in [0, 0.05) is 38.7 Å². The fourth-order valence-electron chi connectivity index (χ4n) is 3.90. The number of likely N-dealkylation sites (tertiary alicyclic amines) is 1. The van der Waals surface area contributed by atoms with Gasteiger partial charge in [-0.05, 0) is 44.7 Å². The minimum Gasteiger partial charge on any atom is -0.377 e. The van der Waals surface area contributed by atoms with Crippen LogP contribution in [-0.2, 0) is 19.6 Å². The molecule has 0 radical (unpaired) electrons. The molecule has 2 fully saturated rings. The van der Waals surface area contributed by atoms with Gasteiger partial charge in [-0.3, -0.25) is 4.79 Å². The summed E-state index contributed by atoms with van der Waals surface area (Å²) in [5.41, 5.74) is 0. The maximum atomic E-state index is 13.9. The maximum absolute atomic E-state index is 13.9. The third-order valence-electron chi connectivity index (χ3n) is 5.35. The van der Waals surface area contributed by atoms with Gasteiger partial charge >= 0.3 is 0 Å². The van der Waals surface area contributed by atoms with Crippen molar-refractivity contribution in [2.24, 2.45) is 5.92 Å². The molecule has 8 heteroatoms. The second-order valence-electron chi connectivity index (χ2n) is 7.11. The molecular formula is C19H27FN2O4S. The van der Waals surface area contributed by atoms with E-state index in [1.54, 1.807) is 0 Å². The minimum absolute atomic E-state index is 0.0855. The number of nitrogens with zero attached hydrogens (tertiary/aromatic N) is 2. The number of hydrogen-bond donors (Lipinski definition) is 0. The summed E-state index contributed by atoms with van der Waals surface area (Å²) >= 11 is 0. The molecule has 2 aliphatic rings. The largest absolute Gasteiger partial charge is 0.377 e. The van der Waals surface area contributed by atoms with E-state index in [1.807, 2.05) is 11.8 Å². The van der Waals surface area contributed by atoms with Crippen LogP contribution in [0.3, 0.4) is 0 Å². The van der Waals surface area contributed by atoms with E-state index >= 15 is 0 Å². The van der Waals surface area contributed by atoms with Crippen molar-refractivity contribution in [3.63, 3.8) is 0 Å². The lowest BCUT2D eigenvalue weighted by Crippen LogP contribution is -2.48. The number of piperidine rings is 2. The lowest BCUT2D eigenvalue weighted by atomic mass is 9.95. The molecule has 2 heterocycles. The Hall–Kier alpha value is -1.51. The van der Waals surface area contributed by atoms with E-state index in [9.17, 15) is 17.6 Å². The summed E-state index contributed by atoms with van der Waals surface area (Å²) in [5.74, 6) is -0.842. The van der Waals surface area contributed by atoms with Crippen LogP contribution in [0.4, 0.5) is 4.39 Å². The number of carbonyl (C=O) groups is 1. The fraction of sp³-hybridized carbons (Fsp3) is 0.632. The van der Waals surface area contributed by atoms with Crippen molar-refractivity contribution in [2.45, 2.75) is 43.6 Å². The predicted molar refractivity (Wildman–Crippen MR) is 99.1 cm³/mol. The Morgan fingerprint density at radius 3 is 2.56 bits per heavy atom. The molecule has 2 aliphatic heterocycles. The topological polar surface area (TPSA) is 66.9 Å². The first-order valence-electron chi connectivity index (χ1n) is 9.58. The number of benzene rings is 1. The second kappa shape index (κ2) is 8.67. The number of rotatable bonds is 5. The van der Waals surface area contributed by atoms with E-state index in [-0.39, 0.29) is 35.9 Å². The molecule has 0 bridgehead atoms.